The first kappa shape index (κ1) is 18.0. The number of carboxylic acid groups (broad SMARTS) is 1. The van der Waals surface area contributed by atoms with E-state index in [0.29, 0.717) is 31.8 Å². The number of amides is 1. The second kappa shape index (κ2) is 7.23. The number of pyridine rings is 1. The molecule has 1 aliphatic heterocycles. The molecule has 7 heteroatoms. The van der Waals surface area contributed by atoms with Gasteiger partial charge in [0, 0.05) is 31.4 Å². The Morgan fingerprint density at radius 3 is 2.73 bits per heavy atom. The molecule has 3 N–H and O–H groups in total. The minimum absolute atomic E-state index is 0.243. The smallest absolute Gasteiger partial charge is 0.336 e. The molecule has 7 nitrogen and oxygen atoms in total. The van der Waals surface area contributed by atoms with Gasteiger partial charge in [0.05, 0.1) is 17.9 Å². The summed E-state index contributed by atoms with van der Waals surface area (Å²) in [6, 6.07) is 10.6. The number of carbonyl (C=O) groups excluding carboxylic acids is 1. The number of carbonyl (C=O) groups is 2. The molecule has 0 saturated carbocycles. The highest BCUT2D eigenvalue weighted by atomic mass is 16.5. The zero-order valence-corrected chi connectivity index (χ0v) is 14.5. The van der Waals surface area contributed by atoms with E-state index in [4.69, 9.17) is 10.5 Å². The van der Waals surface area contributed by atoms with Crippen molar-refractivity contribution in [2.45, 2.75) is 19.1 Å². The molecule has 0 aliphatic carbocycles. The van der Waals surface area contributed by atoms with Gasteiger partial charge in [-0.05, 0) is 24.6 Å². The van der Waals surface area contributed by atoms with Crippen molar-refractivity contribution in [1.29, 1.82) is 0 Å². The Bertz CT molecular complexity index is 822. The van der Waals surface area contributed by atoms with Crippen molar-refractivity contribution in [3.05, 3.63) is 53.9 Å². The Morgan fingerprint density at radius 2 is 2.08 bits per heavy atom. The SMILES string of the molecule is C[C@]1(C(N)=O)CN(Cc2ccc(-c3ccccc3C(=O)O)cn2)CCO1. The van der Waals surface area contributed by atoms with E-state index in [0.717, 1.165) is 11.3 Å². The average molecular weight is 355 g/mol. The molecule has 0 unspecified atom stereocenters. The number of rotatable bonds is 5. The molecule has 0 radical (unpaired) electrons. The van der Waals surface area contributed by atoms with E-state index in [1.165, 1.54) is 0 Å². The molecule has 0 bridgehead atoms. The first-order chi connectivity index (χ1) is 12.4. The van der Waals surface area contributed by atoms with Crippen LogP contribution in [0, 0.1) is 0 Å². The van der Waals surface area contributed by atoms with Crippen molar-refractivity contribution in [1.82, 2.24) is 9.88 Å². The van der Waals surface area contributed by atoms with Gasteiger partial charge in [-0.25, -0.2) is 4.79 Å². The van der Waals surface area contributed by atoms with Crippen LogP contribution in [-0.2, 0) is 16.1 Å². The highest BCUT2D eigenvalue weighted by Gasteiger charge is 2.37. The molecule has 3 rings (SSSR count). The minimum Gasteiger partial charge on any atom is -0.478 e. The normalized spacial score (nSPS) is 20.7. The molecular formula is C19H21N3O4. The molecule has 1 aromatic carbocycles. The van der Waals surface area contributed by atoms with Gasteiger partial charge in [0.15, 0.2) is 5.60 Å². The predicted octanol–water partition coefficient (Wildman–Crippen LogP) is 1.52. The third-order valence-electron chi connectivity index (χ3n) is 4.55. The summed E-state index contributed by atoms with van der Waals surface area (Å²) in [5, 5.41) is 9.32. The molecule has 0 spiro atoms. The number of aromatic nitrogens is 1. The van der Waals surface area contributed by atoms with E-state index in [1.807, 2.05) is 12.1 Å². The number of aromatic carboxylic acids is 1. The van der Waals surface area contributed by atoms with Gasteiger partial charge in [-0.1, -0.05) is 24.3 Å². The molecular weight excluding hydrogens is 334 g/mol. The molecule has 1 aromatic heterocycles. The molecule has 2 heterocycles. The number of nitrogens with zero attached hydrogens (tertiary/aromatic N) is 2. The number of hydrogen-bond acceptors (Lipinski definition) is 5. The van der Waals surface area contributed by atoms with Gasteiger partial charge in [0.2, 0.25) is 0 Å². The lowest BCUT2D eigenvalue weighted by Crippen LogP contribution is -2.56. The number of carboxylic acids is 1. The molecule has 1 aliphatic rings. The van der Waals surface area contributed by atoms with Crippen molar-refractivity contribution in [3.63, 3.8) is 0 Å². The second-order valence-corrected chi connectivity index (χ2v) is 6.54. The summed E-state index contributed by atoms with van der Waals surface area (Å²) in [6.07, 6.45) is 1.67. The lowest BCUT2D eigenvalue weighted by atomic mass is 10.0. The first-order valence-corrected chi connectivity index (χ1v) is 8.33. The van der Waals surface area contributed by atoms with Gasteiger partial charge in [0.25, 0.3) is 5.91 Å². The van der Waals surface area contributed by atoms with Crippen LogP contribution < -0.4 is 5.73 Å². The zero-order chi connectivity index (χ0) is 18.7. The van der Waals surface area contributed by atoms with Crippen LogP contribution in [0.5, 0.6) is 0 Å². The van der Waals surface area contributed by atoms with Crippen molar-refractivity contribution in [2.75, 3.05) is 19.7 Å². The molecule has 1 amide bonds. The fourth-order valence-corrected chi connectivity index (χ4v) is 3.06. The van der Waals surface area contributed by atoms with Crippen LogP contribution in [0.2, 0.25) is 0 Å². The van der Waals surface area contributed by atoms with E-state index in [2.05, 4.69) is 9.88 Å². The van der Waals surface area contributed by atoms with Gasteiger partial charge in [-0.15, -0.1) is 0 Å². The number of ether oxygens (including phenoxy) is 1. The predicted molar refractivity (Wildman–Crippen MR) is 95.5 cm³/mol. The van der Waals surface area contributed by atoms with Gasteiger partial charge in [-0.2, -0.15) is 0 Å². The Morgan fingerprint density at radius 1 is 1.31 bits per heavy atom. The Kier molecular flexibility index (Phi) is 5.01. The van der Waals surface area contributed by atoms with Crippen molar-refractivity contribution < 1.29 is 19.4 Å². The van der Waals surface area contributed by atoms with Crippen LogP contribution >= 0.6 is 0 Å². The summed E-state index contributed by atoms with van der Waals surface area (Å²) in [4.78, 5) is 29.5. The topological polar surface area (TPSA) is 106 Å². The number of benzene rings is 1. The van der Waals surface area contributed by atoms with Crippen LogP contribution in [-0.4, -0.2) is 52.2 Å². The van der Waals surface area contributed by atoms with E-state index >= 15 is 0 Å². The largest absolute Gasteiger partial charge is 0.478 e. The van der Waals surface area contributed by atoms with Gasteiger partial charge in [0.1, 0.15) is 0 Å². The molecule has 26 heavy (non-hydrogen) atoms. The second-order valence-electron chi connectivity index (χ2n) is 6.54. The van der Waals surface area contributed by atoms with Crippen LogP contribution in [0.3, 0.4) is 0 Å². The number of morpholine rings is 1. The summed E-state index contributed by atoms with van der Waals surface area (Å²) < 4.78 is 5.52. The maximum atomic E-state index is 11.6. The number of nitrogens with two attached hydrogens (primary N) is 1. The highest BCUT2D eigenvalue weighted by molar-refractivity contribution is 5.95. The number of primary amides is 1. The molecule has 1 fully saturated rings. The Hall–Kier alpha value is -2.77. The van der Waals surface area contributed by atoms with Crippen molar-refractivity contribution in [3.8, 4) is 11.1 Å². The zero-order valence-electron chi connectivity index (χ0n) is 14.5. The molecule has 2 aromatic rings. The Balaban J connectivity index is 1.75. The van der Waals surface area contributed by atoms with Gasteiger partial charge < -0.3 is 15.6 Å². The summed E-state index contributed by atoms with van der Waals surface area (Å²) in [5.74, 6) is -1.44. The van der Waals surface area contributed by atoms with Crippen LogP contribution in [0.4, 0.5) is 0 Å². The minimum atomic E-state index is -0.987. The summed E-state index contributed by atoms with van der Waals surface area (Å²) in [6.45, 7) is 3.79. The van der Waals surface area contributed by atoms with E-state index < -0.39 is 17.5 Å². The van der Waals surface area contributed by atoms with Gasteiger partial charge >= 0.3 is 5.97 Å². The highest BCUT2D eigenvalue weighted by Crippen LogP contribution is 2.24. The third-order valence-corrected chi connectivity index (χ3v) is 4.55. The maximum absolute atomic E-state index is 11.6. The standard InChI is InChI=1S/C19H21N3O4/c1-19(18(20)25)12-22(8-9-26-19)11-14-7-6-13(10-21-14)15-4-2-3-5-16(15)17(23)24/h2-7,10H,8-9,11-12H2,1H3,(H2,20,25)(H,23,24)/t19-/m1/s1. The molecule has 1 saturated heterocycles. The lowest BCUT2D eigenvalue weighted by molar-refractivity contribution is -0.153. The van der Waals surface area contributed by atoms with E-state index in [1.54, 1.807) is 37.4 Å². The molecule has 1 atom stereocenters. The Labute approximate surface area is 151 Å². The first-order valence-electron chi connectivity index (χ1n) is 8.33. The number of hydrogen-bond donors (Lipinski definition) is 2. The third kappa shape index (κ3) is 3.74. The monoisotopic (exact) mass is 355 g/mol. The van der Waals surface area contributed by atoms with Crippen LogP contribution in [0.1, 0.15) is 23.0 Å². The average Bonchev–Trinajstić information content (AvgIpc) is 2.62. The quantitative estimate of drug-likeness (QED) is 0.842. The molecule has 136 valence electrons. The van der Waals surface area contributed by atoms with Crippen molar-refractivity contribution >= 4 is 11.9 Å². The summed E-state index contributed by atoms with van der Waals surface area (Å²) in [5.41, 5.74) is 6.89. The summed E-state index contributed by atoms with van der Waals surface area (Å²) in [7, 11) is 0. The maximum Gasteiger partial charge on any atom is 0.336 e. The van der Waals surface area contributed by atoms with Crippen LogP contribution in [0.15, 0.2) is 42.6 Å². The fourth-order valence-electron chi connectivity index (χ4n) is 3.06. The van der Waals surface area contributed by atoms with Crippen molar-refractivity contribution in [2.24, 2.45) is 5.73 Å². The van der Waals surface area contributed by atoms with Crippen LogP contribution in [0.25, 0.3) is 11.1 Å². The lowest BCUT2D eigenvalue weighted by Gasteiger charge is -2.38. The van der Waals surface area contributed by atoms with E-state index in [-0.39, 0.29) is 5.56 Å². The van der Waals surface area contributed by atoms with E-state index in [9.17, 15) is 14.7 Å². The van der Waals surface area contributed by atoms with Gasteiger partial charge in [-0.3, -0.25) is 14.7 Å². The summed E-state index contributed by atoms with van der Waals surface area (Å²) >= 11 is 0. The fraction of sp³-hybridized carbons (Fsp3) is 0.316.